The lowest BCUT2D eigenvalue weighted by atomic mass is 10.0. The van der Waals surface area contributed by atoms with E-state index in [1.54, 1.807) is 7.11 Å². The first kappa shape index (κ1) is 13.5. The molecule has 1 atom stereocenters. The molecule has 0 saturated carbocycles. The van der Waals surface area contributed by atoms with Gasteiger partial charge in [0, 0.05) is 44.0 Å². The molecule has 108 valence electrons. The third-order valence-corrected chi connectivity index (χ3v) is 4.36. The molecule has 20 heavy (non-hydrogen) atoms. The molecule has 0 aromatic carbocycles. The summed E-state index contributed by atoms with van der Waals surface area (Å²) >= 11 is 1.48. The third-order valence-electron chi connectivity index (χ3n) is 3.57. The van der Waals surface area contributed by atoms with Gasteiger partial charge in [0.2, 0.25) is 5.13 Å². The first-order valence-electron chi connectivity index (χ1n) is 6.96. The molecule has 7 heteroatoms. The summed E-state index contributed by atoms with van der Waals surface area (Å²) in [6.07, 6.45) is 8.01. The topological polar surface area (TPSA) is 66.9 Å². The zero-order valence-electron chi connectivity index (χ0n) is 11.6. The van der Waals surface area contributed by atoms with E-state index >= 15 is 0 Å². The van der Waals surface area contributed by atoms with Crippen molar-refractivity contribution in [3.63, 3.8) is 0 Å². The molecule has 1 aliphatic rings. The van der Waals surface area contributed by atoms with Crippen LogP contribution in [-0.4, -0.2) is 39.6 Å². The van der Waals surface area contributed by atoms with E-state index in [9.17, 15) is 0 Å². The van der Waals surface area contributed by atoms with Gasteiger partial charge in [-0.2, -0.15) is 4.37 Å². The number of methoxy groups -OCH3 is 1. The van der Waals surface area contributed by atoms with Crippen LogP contribution in [0.4, 0.5) is 5.13 Å². The molecule has 3 heterocycles. The summed E-state index contributed by atoms with van der Waals surface area (Å²) < 4.78 is 9.50. The molecule has 1 N–H and O–H groups in total. The van der Waals surface area contributed by atoms with E-state index in [-0.39, 0.29) is 0 Å². The van der Waals surface area contributed by atoms with Crippen LogP contribution in [0.2, 0.25) is 0 Å². The molecule has 2 aromatic rings. The minimum atomic E-state index is 0.293. The first-order chi connectivity index (χ1) is 9.88. The number of nitrogens with one attached hydrogen (secondary N) is 1. The molecule has 1 aliphatic heterocycles. The fourth-order valence-corrected chi connectivity index (χ4v) is 3.35. The fraction of sp³-hybridized carbons (Fsp3) is 0.615. The lowest BCUT2D eigenvalue weighted by Gasteiger charge is -2.33. The second-order valence-electron chi connectivity index (χ2n) is 4.92. The van der Waals surface area contributed by atoms with Crippen LogP contribution < -0.4 is 4.90 Å². The number of anilines is 1. The minimum absolute atomic E-state index is 0.293. The highest BCUT2D eigenvalue weighted by Crippen LogP contribution is 2.34. The van der Waals surface area contributed by atoms with E-state index in [2.05, 4.69) is 24.2 Å². The van der Waals surface area contributed by atoms with Crippen LogP contribution in [-0.2, 0) is 11.2 Å². The van der Waals surface area contributed by atoms with Crippen molar-refractivity contribution in [2.24, 2.45) is 0 Å². The Morgan fingerprint density at radius 3 is 3.25 bits per heavy atom. The number of aromatic nitrogens is 4. The van der Waals surface area contributed by atoms with E-state index in [1.165, 1.54) is 24.4 Å². The number of imidazole rings is 1. The quantitative estimate of drug-likeness (QED) is 0.915. The van der Waals surface area contributed by atoms with Crippen molar-refractivity contribution >= 4 is 16.7 Å². The molecule has 1 fully saturated rings. The second kappa shape index (κ2) is 6.32. The number of rotatable bonds is 5. The van der Waals surface area contributed by atoms with Crippen molar-refractivity contribution in [3.05, 3.63) is 24.0 Å². The van der Waals surface area contributed by atoms with E-state index in [0.29, 0.717) is 12.6 Å². The monoisotopic (exact) mass is 293 g/mol. The van der Waals surface area contributed by atoms with Gasteiger partial charge in [0.05, 0.1) is 12.6 Å². The maximum atomic E-state index is 5.08. The van der Waals surface area contributed by atoms with Gasteiger partial charge in [0.25, 0.3) is 0 Å². The van der Waals surface area contributed by atoms with Gasteiger partial charge >= 0.3 is 0 Å². The summed E-state index contributed by atoms with van der Waals surface area (Å²) in [6.45, 7) is 1.68. The Morgan fingerprint density at radius 2 is 2.45 bits per heavy atom. The number of ether oxygens (including phenoxy) is 1. The highest BCUT2D eigenvalue weighted by molar-refractivity contribution is 7.09. The van der Waals surface area contributed by atoms with E-state index < -0.39 is 0 Å². The lowest BCUT2D eigenvalue weighted by molar-refractivity contribution is 0.201. The van der Waals surface area contributed by atoms with Crippen molar-refractivity contribution in [2.45, 2.75) is 31.7 Å². The molecule has 6 nitrogen and oxygen atoms in total. The number of hydrogen-bond acceptors (Lipinski definition) is 6. The second-order valence-corrected chi connectivity index (χ2v) is 5.65. The van der Waals surface area contributed by atoms with Gasteiger partial charge in [-0.05, 0) is 19.3 Å². The van der Waals surface area contributed by atoms with Crippen molar-refractivity contribution in [2.75, 3.05) is 25.2 Å². The maximum Gasteiger partial charge on any atom is 0.205 e. The predicted molar refractivity (Wildman–Crippen MR) is 78.0 cm³/mol. The largest absolute Gasteiger partial charge is 0.384 e. The normalized spacial score (nSPS) is 19.4. The van der Waals surface area contributed by atoms with Crippen LogP contribution in [0.3, 0.4) is 0 Å². The molecule has 0 bridgehead atoms. The van der Waals surface area contributed by atoms with Crippen molar-refractivity contribution < 1.29 is 4.74 Å². The molecule has 1 unspecified atom stereocenters. The zero-order valence-corrected chi connectivity index (χ0v) is 12.4. The molecule has 1 saturated heterocycles. The molecular formula is C13H19N5OS. The van der Waals surface area contributed by atoms with Crippen molar-refractivity contribution in [3.8, 4) is 0 Å². The molecule has 0 spiro atoms. The van der Waals surface area contributed by atoms with Gasteiger partial charge in [0.1, 0.15) is 11.6 Å². The maximum absolute atomic E-state index is 5.08. The van der Waals surface area contributed by atoms with Crippen LogP contribution >= 0.6 is 11.5 Å². The van der Waals surface area contributed by atoms with Crippen LogP contribution in [0.1, 0.15) is 37.0 Å². The van der Waals surface area contributed by atoms with Crippen LogP contribution in [0.25, 0.3) is 0 Å². The van der Waals surface area contributed by atoms with Crippen LogP contribution in [0, 0.1) is 0 Å². The van der Waals surface area contributed by atoms with Crippen LogP contribution in [0.5, 0.6) is 0 Å². The SMILES string of the molecule is COCCc1nsc(N2CCCCC2c2ncc[nH]2)n1. The fourth-order valence-electron chi connectivity index (χ4n) is 2.56. The predicted octanol–water partition coefficient (Wildman–Crippen LogP) is 2.18. The summed E-state index contributed by atoms with van der Waals surface area (Å²) in [5, 5.41) is 0.997. The Bertz CT molecular complexity index is 527. The van der Waals surface area contributed by atoms with Gasteiger partial charge in [-0.25, -0.2) is 9.97 Å². The Morgan fingerprint density at radius 1 is 1.50 bits per heavy atom. The molecule has 2 aromatic heterocycles. The standard InChI is InChI=1S/C13H19N5OS/c1-19-9-5-11-16-13(20-17-11)18-8-3-2-4-10(18)12-14-6-7-15-12/h6-7,10H,2-5,8-9H2,1H3,(H,14,15). The highest BCUT2D eigenvalue weighted by atomic mass is 32.1. The minimum Gasteiger partial charge on any atom is -0.384 e. The smallest absolute Gasteiger partial charge is 0.205 e. The number of nitrogens with zero attached hydrogens (tertiary/aromatic N) is 4. The summed E-state index contributed by atoms with van der Waals surface area (Å²) in [4.78, 5) is 14.6. The van der Waals surface area contributed by atoms with E-state index in [0.717, 1.165) is 36.2 Å². The van der Waals surface area contributed by atoms with Gasteiger partial charge < -0.3 is 14.6 Å². The third kappa shape index (κ3) is 2.83. The lowest BCUT2D eigenvalue weighted by Crippen LogP contribution is -2.34. The van der Waals surface area contributed by atoms with Crippen molar-refractivity contribution in [1.82, 2.24) is 19.3 Å². The van der Waals surface area contributed by atoms with Gasteiger partial charge in [0.15, 0.2) is 0 Å². The van der Waals surface area contributed by atoms with E-state index in [4.69, 9.17) is 4.74 Å². The molecule has 0 aliphatic carbocycles. The Balaban J connectivity index is 1.77. The summed E-state index contributed by atoms with van der Waals surface area (Å²) in [6, 6.07) is 0.293. The molecule has 0 amide bonds. The number of H-pyrrole nitrogens is 1. The Hall–Kier alpha value is -1.47. The van der Waals surface area contributed by atoms with Gasteiger partial charge in [-0.1, -0.05) is 0 Å². The average molecular weight is 293 g/mol. The molecular weight excluding hydrogens is 274 g/mol. The summed E-state index contributed by atoms with van der Waals surface area (Å²) in [7, 11) is 1.70. The zero-order chi connectivity index (χ0) is 13.8. The van der Waals surface area contributed by atoms with Crippen molar-refractivity contribution in [1.29, 1.82) is 0 Å². The Kier molecular flexibility index (Phi) is 4.27. The summed E-state index contributed by atoms with van der Waals surface area (Å²) in [5.41, 5.74) is 0. The van der Waals surface area contributed by atoms with Gasteiger partial charge in [-0.15, -0.1) is 0 Å². The van der Waals surface area contributed by atoms with E-state index in [1.807, 2.05) is 12.4 Å². The summed E-state index contributed by atoms with van der Waals surface area (Å²) in [5.74, 6) is 1.90. The van der Waals surface area contributed by atoms with Gasteiger partial charge in [-0.3, -0.25) is 0 Å². The average Bonchev–Trinajstić information content (AvgIpc) is 3.16. The number of piperidine rings is 1. The Labute approximate surface area is 122 Å². The number of hydrogen-bond donors (Lipinski definition) is 1. The number of aromatic amines is 1. The van der Waals surface area contributed by atoms with Crippen LogP contribution in [0.15, 0.2) is 12.4 Å². The molecule has 3 rings (SSSR count). The highest BCUT2D eigenvalue weighted by Gasteiger charge is 2.28. The first-order valence-corrected chi connectivity index (χ1v) is 7.73. The molecule has 0 radical (unpaired) electrons.